The summed E-state index contributed by atoms with van der Waals surface area (Å²) in [5.74, 6) is 0.690. The molecule has 1 N–H and O–H groups in total. The molecule has 1 fully saturated rings. The third-order valence-electron chi connectivity index (χ3n) is 2.33. The average molecular weight is 154 g/mol. The van der Waals surface area contributed by atoms with Gasteiger partial charge in [-0.2, -0.15) is 0 Å². The first-order chi connectivity index (χ1) is 5.02. The van der Waals surface area contributed by atoms with Gasteiger partial charge in [0.2, 0.25) is 0 Å². The Balaban J connectivity index is 2.62. The second-order valence-corrected chi connectivity index (χ2v) is 4.17. The highest BCUT2D eigenvalue weighted by molar-refractivity contribution is 5.09. The summed E-state index contributed by atoms with van der Waals surface area (Å²) in [6.45, 7) is 6.29. The zero-order chi connectivity index (χ0) is 8.48. The SMILES string of the molecule is CC(C)=CC1(O)CCC(C)C1. The minimum absolute atomic E-state index is 0.474. The predicted octanol–water partition coefficient (Wildman–Crippen LogP) is 2.50. The van der Waals surface area contributed by atoms with Gasteiger partial charge in [-0.1, -0.05) is 18.6 Å². The van der Waals surface area contributed by atoms with Crippen LogP contribution in [0.5, 0.6) is 0 Å². The minimum atomic E-state index is -0.474. The van der Waals surface area contributed by atoms with Crippen LogP contribution < -0.4 is 0 Å². The van der Waals surface area contributed by atoms with Gasteiger partial charge in [-0.3, -0.25) is 0 Å². The fraction of sp³-hybridized carbons (Fsp3) is 0.800. The molecule has 2 atom stereocenters. The van der Waals surface area contributed by atoms with E-state index in [0.29, 0.717) is 5.92 Å². The Morgan fingerprint density at radius 3 is 2.55 bits per heavy atom. The highest BCUT2D eigenvalue weighted by Crippen LogP contribution is 2.35. The Morgan fingerprint density at radius 2 is 2.18 bits per heavy atom. The molecular formula is C10H18O. The third-order valence-corrected chi connectivity index (χ3v) is 2.33. The molecule has 11 heavy (non-hydrogen) atoms. The van der Waals surface area contributed by atoms with Gasteiger partial charge in [0.25, 0.3) is 0 Å². The van der Waals surface area contributed by atoms with E-state index in [1.807, 2.05) is 19.9 Å². The summed E-state index contributed by atoms with van der Waals surface area (Å²) in [5.41, 5.74) is 0.750. The highest BCUT2D eigenvalue weighted by atomic mass is 16.3. The van der Waals surface area contributed by atoms with Crippen LogP contribution in [0.1, 0.15) is 40.0 Å². The summed E-state index contributed by atoms with van der Waals surface area (Å²) in [6.07, 6.45) is 5.06. The molecule has 2 unspecified atom stereocenters. The minimum Gasteiger partial charge on any atom is -0.386 e. The van der Waals surface area contributed by atoms with E-state index in [9.17, 15) is 5.11 Å². The van der Waals surface area contributed by atoms with Crippen LogP contribution in [0, 0.1) is 5.92 Å². The number of aliphatic hydroxyl groups is 1. The van der Waals surface area contributed by atoms with Crippen molar-refractivity contribution in [1.82, 2.24) is 0 Å². The second kappa shape index (κ2) is 2.98. The molecule has 64 valence electrons. The molecule has 0 aromatic carbocycles. The largest absolute Gasteiger partial charge is 0.386 e. The first-order valence-corrected chi connectivity index (χ1v) is 4.40. The first-order valence-electron chi connectivity index (χ1n) is 4.40. The molecule has 1 rings (SSSR count). The standard InChI is InChI=1S/C10H18O/c1-8(2)6-10(11)5-4-9(3)7-10/h6,9,11H,4-5,7H2,1-3H3. The molecule has 0 aromatic rings. The summed E-state index contributed by atoms with van der Waals surface area (Å²) < 4.78 is 0. The number of hydrogen-bond donors (Lipinski definition) is 1. The van der Waals surface area contributed by atoms with Crippen molar-refractivity contribution in [3.05, 3.63) is 11.6 Å². The fourth-order valence-electron chi connectivity index (χ4n) is 1.97. The van der Waals surface area contributed by atoms with Crippen molar-refractivity contribution < 1.29 is 5.11 Å². The van der Waals surface area contributed by atoms with E-state index in [1.165, 1.54) is 12.0 Å². The van der Waals surface area contributed by atoms with Crippen molar-refractivity contribution in [2.75, 3.05) is 0 Å². The van der Waals surface area contributed by atoms with Gasteiger partial charge in [0.15, 0.2) is 0 Å². The molecule has 1 aliphatic carbocycles. The molecule has 1 aliphatic rings. The Hall–Kier alpha value is -0.300. The fourth-order valence-corrected chi connectivity index (χ4v) is 1.97. The molecule has 0 heterocycles. The monoisotopic (exact) mass is 154 g/mol. The molecule has 0 spiro atoms. The number of allylic oxidation sites excluding steroid dienone is 1. The van der Waals surface area contributed by atoms with Gasteiger partial charge in [-0.05, 0) is 39.0 Å². The van der Waals surface area contributed by atoms with Crippen molar-refractivity contribution >= 4 is 0 Å². The van der Waals surface area contributed by atoms with Crippen LogP contribution >= 0.6 is 0 Å². The maximum Gasteiger partial charge on any atom is 0.0832 e. The lowest BCUT2D eigenvalue weighted by Crippen LogP contribution is -2.21. The van der Waals surface area contributed by atoms with E-state index < -0.39 is 5.60 Å². The maximum absolute atomic E-state index is 9.96. The van der Waals surface area contributed by atoms with Gasteiger partial charge in [0.1, 0.15) is 0 Å². The topological polar surface area (TPSA) is 20.2 Å². The molecule has 1 nitrogen and oxygen atoms in total. The zero-order valence-electron chi connectivity index (χ0n) is 7.72. The second-order valence-electron chi connectivity index (χ2n) is 4.17. The van der Waals surface area contributed by atoms with E-state index in [4.69, 9.17) is 0 Å². The van der Waals surface area contributed by atoms with Gasteiger partial charge < -0.3 is 5.11 Å². The Labute approximate surface area is 69.1 Å². The summed E-state index contributed by atoms with van der Waals surface area (Å²) >= 11 is 0. The van der Waals surface area contributed by atoms with Crippen LogP contribution in [0.4, 0.5) is 0 Å². The van der Waals surface area contributed by atoms with Crippen molar-refractivity contribution in [1.29, 1.82) is 0 Å². The smallest absolute Gasteiger partial charge is 0.0832 e. The molecule has 0 aliphatic heterocycles. The first kappa shape index (κ1) is 8.79. The van der Waals surface area contributed by atoms with Crippen molar-refractivity contribution in [3.8, 4) is 0 Å². The van der Waals surface area contributed by atoms with E-state index >= 15 is 0 Å². The van der Waals surface area contributed by atoms with Crippen LogP contribution in [-0.2, 0) is 0 Å². The number of hydrogen-bond acceptors (Lipinski definition) is 1. The molecule has 1 saturated carbocycles. The molecule has 0 bridgehead atoms. The Morgan fingerprint density at radius 1 is 1.55 bits per heavy atom. The van der Waals surface area contributed by atoms with Gasteiger partial charge in [0, 0.05) is 0 Å². The van der Waals surface area contributed by atoms with Crippen LogP contribution in [0.2, 0.25) is 0 Å². The van der Waals surface area contributed by atoms with Crippen LogP contribution in [0.15, 0.2) is 11.6 Å². The van der Waals surface area contributed by atoms with Crippen LogP contribution in [0.25, 0.3) is 0 Å². The molecule has 0 radical (unpaired) electrons. The lowest BCUT2D eigenvalue weighted by molar-refractivity contribution is 0.0945. The molecule has 0 amide bonds. The maximum atomic E-state index is 9.96. The molecule has 0 aromatic heterocycles. The lowest BCUT2D eigenvalue weighted by Gasteiger charge is -2.18. The van der Waals surface area contributed by atoms with E-state index in [2.05, 4.69) is 6.92 Å². The van der Waals surface area contributed by atoms with E-state index in [1.54, 1.807) is 0 Å². The Kier molecular flexibility index (Phi) is 2.38. The third kappa shape index (κ3) is 2.33. The van der Waals surface area contributed by atoms with Gasteiger partial charge in [-0.15, -0.1) is 0 Å². The van der Waals surface area contributed by atoms with Gasteiger partial charge in [0.05, 0.1) is 5.60 Å². The predicted molar refractivity (Wildman–Crippen MR) is 47.4 cm³/mol. The van der Waals surface area contributed by atoms with Crippen LogP contribution in [-0.4, -0.2) is 10.7 Å². The zero-order valence-corrected chi connectivity index (χ0v) is 7.72. The molecular weight excluding hydrogens is 136 g/mol. The van der Waals surface area contributed by atoms with Crippen molar-refractivity contribution in [2.24, 2.45) is 5.92 Å². The summed E-state index contributed by atoms with van der Waals surface area (Å²) in [7, 11) is 0. The van der Waals surface area contributed by atoms with Gasteiger partial charge >= 0.3 is 0 Å². The average Bonchev–Trinajstić information content (AvgIpc) is 2.08. The number of rotatable bonds is 1. The van der Waals surface area contributed by atoms with Crippen molar-refractivity contribution in [3.63, 3.8) is 0 Å². The Bertz CT molecular complexity index is 168. The van der Waals surface area contributed by atoms with E-state index in [0.717, 1.165) is 12.8 Å². The summed E-state index contributed by atoms with van der Waals surface area (Å²) in [5, 5.41) is 9.96. The molecule has 1 heteroatoms. The lowest BCUT2D eigenvalue weighted by atomic mass is 9.98. The summed E-state index contributed by atoms with van der Waals surface area (Å²) in [4.78, 5) is 0. The highest BCUT2D eigenvalue weighted by Gasteiger charge is 2.32. The van der Waals surface area contributed by atoms with Crippen LogP contribution in [0.3, 0.4) is 0 Å². The van der Waals surface area contributed by atoms with Gasteiger partial charge in [-0.25, -0.2) is 0 Å². The molecule has 0 saturated heterocycles. The normalized spacial score (nSPS) is 37.3. The van der Waals surface area contributed by atoms with Crippen molar-refractivity contribution in [2.45, 2.75) is 45.6 Å². The van der Waals surface area contributed by atoms with E-state index in [-0.39, 0.29) is 0 Å². The quantitative estimate of drug-likeness (QED) is 0.575. The summed E-state index contributed by atoms with van der Waals surface area (Å²) in [6, 6.07) is 0.